The van der Waals surface area contributed by atoms with Crippen LogP contribution in [-0.4, -0.2) is 66.1 Å². The molecule has 1 fully saturated rings. The maximum Gasteiger partial charge on any atom is 0.273 e. The molecule has 0 unspecified atom stereocenters. The molecule has 31 heavy (non-hydrogen) atoms. The number of carbonyl (C=O) groups is 1. The third-order valence-electron chi connectivity index (χ3n) is 5.45. The molecule has 2 heterocycles. The Labute approximate surface area is 185 Å². The van der Waals surface area contributed by atoms with Crippen molar-refractivity contribution in [3.8, 4) is 0 Å². The molecule has 1 aliphatic rings. The van der Waals surface area contributed by atoms with E-state index in [0.29, 0.717) is 24.0 Å². The standard InChI is InChI=1S/C24H36N4O3/c1-18(2)21-7-5-20(6-8-21)15-28(10-9-27-11-13-30-14-12-27)16-23-26-22(17-31-23)24(29)25-19(3)4/h5-8,17-19H,9-16H2,1-4H3,(H,25,29). The van der Waals surface area contributed by atoms with Crippen LogP contribution in [-0.2, 0) is 17.8 Å². The number of oxazole rings is 1. The lowest BCUT2D eigenvalue weighted by Gasteiger charge is -2.29. The Morgan fingerprint density at radius 3 is 2.48 bits per heavy atom. The summed E-state index contributed by atoms with van der Waals surface area (Å²) in [5, 5.41) is 2.85. The lowest BCUT2D eigenvalue weighted by Crippen LogP contribution is -2.41. The molecule has 0 aliphatic carbocycles. The zero-order valence-corrected chi connectivity index (χ0v) is 19.3. The van der Waals surface area contributed by atoms with E-state index in [1.807, 2.05) is 13.8 Å². The fourth-order valence-electron chi connectivity index (χ4n) is 3.60. The van der Waals surface area contributed by atoms with E-state index in [-0.39, 0.29) is 11.9 Å². The maximum atomic E-state index is 12.2. The summed E-state index contributed by atoms with van der Waals surface area (Å²) in [6.07, 6.45) is 1.45. The van der Waals surface area contributed by atoms with Crippen molar-refractivity contribution in [3.63, 3.8) is 0 Å². The molecule has 2 aromatic rings. The Hall–Kier alpha value is -2.22. The molecule has 1 aliphatic heterocycles. The molecule has 0 radical (unpaired) electrons. The van der Waals surface area contributed by atoms with Gasteiger partial charge < -0.3 is 14.5 Å². The predicted molar refractivity (Wildman–Crippen MR) is 121 cm³/mol. The first-order valence-corrected chi connectivity index (χ1v) is 11.3. The first kappa shape index (κ1) is 23.4. The SMILES string of the molecule is CC(C)NC(=O)c1coc(CN(CCN2CCOCC2)Cc2ccc(C(C)C)cc2)n1. The van der Waals surface area contributed by atoms with Crippen LogP contribution in [0.5, 0.6) is 0 Å². The number of hydrogen-bond donors (Lipinski definition) is 1. The van der Waals surface area contributed by atoms with Gasteiger partial charge in [0.1, 0.15) is 6.26 Å². The van der Waals surface area contributed by atoms with Crippen molar-refractivity contribution in [2.24, 2.45) is 0 Å². The molecule has 170 valence electrons. The number of nitrogens with one attached hydrogen (secondary N) is 1. The molecule has 1 aromatic carbocycles. The Morgan fingerprint density at radius 1 is 1.13 bits per heavy atom. The van der Waals surface area contributed by atoms with Crippen LogP contribution in [0.1, 0.15) is 61.1 Å². The smallest absolute Gasteiger partial charge is 0.273 e. The highest BCUT2D eigenvalue weighted by Crippen LogP contribution is 2.17. The summed E-state index contributed by atoms with van der Waals surface area (Å²) in [7, 11) is 0. The van der Waals surface area contributed by atoms with E-state index < -0.39 is 0 Å². The third kappa shape index (κ3) is 7.45. The number of amides is 1. The number of hydrogen-bond acceptors (Lipinski definition) is 6. The summed E-state index contributed by atoms with van der Waals surface area (Å²) in [5.41, 5.74) is 2.94. The Kier molecular flexibility index (Phi) is 8.63. The number of morpholine rings is 1. The van der Waals surface area contributed by atoms with E-state index in [0.717, 1.165) is 45.9 Å². The molecule has 0 spiro atoms. The molecule has 7 nitrogen and oxygen atoms in total. The molecule has 7 heteroatoms. The maximum absolute atomic E-state index is 12.2. The minimum absolute atomic E-state index is 0.0616. The van der Waals surface area contributed by atoms with Crippen molar-refractivity contribution in [1.29, 1.82) is 0 Å². The van der Waals surface area contributed by atoms with E-state index in [4.69, 9.17) is 9.15 Å². The second kappa shape index (κ2) is 11.4. The van der Waals surface area contributed by atoms with Crippen molar-refractivity contribution in [3.05, 3.63) is 53.2 Å². The molecule has 1 aromatic heterocycles. The van der Waals surface area contributed by atoms with Gasteiger partial charge in [-0.3, -0.25) is 14.6 Å². The van der Waals surface area contributed by atoms with Gasteiger partial charge in [-0.05, 0) is 30.9 Å². The number of benzene rings is 1. The van der Waals surface area contributed by atoms with E-state index >= 15 is 0 Å². The first-order chi connectivity index (χ1) is 14.9. The van der Waals surface area contributed by atoms with Crippen LogP contribution < -0.4 is 5.32 Å². The van der Waals surface area contributed by atoms with Gasteiger partial charge in [-0.2, -0.15) is 0 Å². The van der Waals surface area contributed by atoms with E-state index in [9.17, 15) is 4.79 Å². The largest absolute Gasteiger partial charge is 0.447 e. The van der Waals surface area contributed by atoms with Gasteiger partial charge >= 0.3 is 0 Å². The molecule has 0 bridgehead atoms. The number of rotatable bonds is 10. The van der Waals surface area contributed by atoms with E-state index in [1.54, 1.807) is 0 Å². The van der Waals surface area contributed by atoms with Gasteiger partial charge in [-0.25, -0.2) is 4.98 Å². The summed E-state index contributed by atoms with van der Waals surface area (Å²) in [5.74, 6) is 0.887. The predicted octanol–water partition coefficient (Wildman–Crippen LogP) is 3.27. The first-order valence-electron chi connectivity index (χ1n) is 11.3. The van der Waals surface area contributed by atoms with Crippen LogP contribution in [0.25, 0.3) is 0 Å². The number of ether oxygens (including phenoxy) is 1. The Balaban J connectivity index is 1.66. The molecule has 1 saturated heterocycles. The Bertz CT molecular complexity index is 810. The van der Waals surface area contributed by atoms with Gasteiger partial charge in [0.15, 0.2) is 5.69 Å². The summed E-state index contributed by atoms with van der Waals surface area (Å²) in [6, 6.07) is 8.88. The van der Waals surface area contributed by atoms with Gasteiger partial charge in [0.05, 0.1) is 19.8 Å². The summed E-state index contributed by atoms with van der Waals surface area (Å²) < 4.78 is 11.1. The van der Waals surface area contributed by atoms with Crippen molar-refractivity contribution < 1.29 is 13.9 Å². The number of nitrogens with zero attached hydrogens (tertiary/aromatic N) is 3. The molecular weight excluding hydrogens is 392 g/mol. The van der Waals surface area contributed by atoms with Crippen LogP contribution in [0.3, 0.4) is 0 Å². The molecule has 1 N–H and O–H groups in total. The van der Waals surface area contributed by atoms with E-state index in [1.165, 1.54) is 17.4 Å². The van der Waals surface area contributed by atoms with E-state index in [2.05, 4.69) is 58.2 Å². The fourth-order valence-corrected chi connectivity index (χ4v) is 3.60. The van der Waals surface area contributed by atoms with Crippen LogP contribution in [0.2, 0.25) is 0 Å². The molecule has 0 atom stereocenters. The lowest BCUT2D eigenvalue weighted by atomic mass is 10.0. The highest BCUT2D eigenvalue weighted by atomic mass is 16.5. The van der Waals surface area contributed by atoms with Gasteiger partial charge in [0.25, 0.3) is 5.91 Å². The number of carbonyl (C=O) groups excluding carboxylic acids is 1. The fraction of sp³-hybridized carbons (Fsp3) is 0.583. The second-order valence-corrected chi connectivity index (χ2v) is 8.82. The normalized spacial score (nSPS) is 15.2. The molecule has 3 rings (SSSR count). The minimum atomic E-state index is -0.200. The zero-order valence-electron chi connectivity index (χ0n) is 19.3. The van der Waals surface area contributed by atoms with Crippen molar-refractivity contribution in [2.45, 2.75) is 52.7 Å². The van der Waals surface area contributed by atoms with Crippen molar-refractivity contribution in [2.75, 3.05) is 39.4 Å². The van der Waals surface area contributed by atoms with Gasteiger partial charge in [0, 0.05) is 38.8 Å². The molecule has 1 amide bonds. The van der Waals surface area contributed by atoms with Crippen LogP contribution in [0.15, 0.2) is 34.9 Å². The summed E-state index contributed by atoms with van der Waals surface area (Å²) >= 11 is 0. The lowest BCUT2D eigenvalue weighted by molar-refractivity contribution is 0.0320. The average molecular weight is 429 g/mol. The summed E-state index contributed by atoms with van der Waals surface area (Å²) in [6.45, 7) is 15.0. The average Bonchev–Trinajstić information content (AvgIpc) is 3.21. The highest BCUT2D eigenvalue weighted by Gasteiger charge is 2.18. The van der Waals surface area contributed by atoms with Crippen LogP contribution in [0.4, 0.5) is 0 Å². The van der Waals surface area contributed by atoms with Crippen molar-refractivity contribution >= 4 is 5.91 Å². The van der Waals surface area contributed by atoms with Crippen molar-refractivity contribution in [1.82, 2.24) is 20.1 Å². The topological polar surface area (TPSA) is 70.8 Å². The molecular formula is C24H36N4O3. The van der Waals surface area contributed by atoms with Gasteiger partial charge in [-0.1, -0.05) is 38.1 Å². The van der Waals surface area contributed by atoms with Gasteiger partial charge in [0.2, 0.25) is 5.89 Å². The van der Waals surface area contributed by atoms with Gasteiger partial charge in [-0.15, -0.1) is 0 Å². The number of aromatic nitrogens is 1. The highest BCUT2D eigenvalue weighted by molar-refractivity contribution is 5.92. The quantitative estimate of drug-likeness (QED) is 0.626. The zero-order chi connectivity index (χ0) is 22.2. The third-order valence-corrected chi connectivity index (χ3v) is 5.45. The Morgan fingerprint density at radius 2 is 1.84 bits per heavy atom. The van der Waals surface area contributed by atoms with Crippen LogP contribution >= 0.6 is 0 Å². The minimum Gasteiger partial charge on any atom is -0.447 e. The van der Waals surface area contributed by atoms with Crippen LogP contribution in [0, 0.1) is 0 Å². The molecule has 0 saturated carbocycles. The monoisotopic (exact) mass is 428 g/mol. The second-order valence-electron chi connectivity index (χ2n) is 8.82. The summed E-state index contributed by atoms with van der Waals surface area (Å²) in [4.78, 5) is 21.4.